The van der Waals surface area contributed by atoms with Crippen LogP contribution in [0.4, 0.5) is 0 Å². The Morgan fingerprint density at radius 2 is 2.00 bits per heavy atom. The number of rotatable bonds is 4. The van der Waals surface area contributed by atoms with Crippen molar-refractivity contribution in [2.75, 3.05) is 13.7 Å². The average Bonchev–Trinajstić information content (AvgIpc) is 2.81. The molecule has 1 aromatic heterocycles. The van der Waals surface area contributed by atoms with Gasteiger partial charge in [-0.15, -0.1) is 0 Å². The maximum Gasteiger partial charge on any atom is 0.210 e. The van der Waals surface area contributed by atoms with Crippen molar-refractivity contribution in [2.45, 2.75) is 13.8 Å². The largest absolute Gasteiger partial charge is 0.497 e. The summed E-state index contributed by atoms with van der Waals surface area (Å²) in [7, 11) is 1.64. The Labute approximate surface area is 118 Å². The van der Waals surface area contributed by atoms with E-state index in [0.29, 0.717) is 11.7 Å². The molecule has 0 saturated carbocycles. The van der Waals surface area contributed by atoms with E-state index in [4.69, 9.17) is 21.7 Å². The molecule has 0 radical (unpaired) electrons. The van der Waals surface area contributed by atoms with Gasteiger partial charge in [-0.3, -0.25) is 0 Å². The fraction of sp³-hybridized carbons (Fsp3) is 0.286. The molecule has 2 rings (SSSR count). The third-order valence-corrected chi connectivity index (χ3v) is 2.96. The van der Waals surface area contributed by atoms with E-state index in [1.807, 2.05) is 44.2 Å². The lowest BCUT2D eigenvalue weighted by Gasteiger charge is -2.09. The molecule has 0 unspecified atom stereocenters. The molecule has 1 aromatic carbocycles. The van der Waals surface area contributed by atoms with Gasteiger partial charge in [0.05, 0.1) is 25.1 Å². The van der Waals surface area contributed by atoms with Gasteiger partial charge in [0.2, 0.25) is 5.05 Å². The van der Waals surface area contributed by atoms with Crippen molar-refractivity contribution < 1.29 is 9.47 Å². The van der Waals surface area contributed by atoms with Crippen LogP contribution in [0.2, 0.25) is 0 Å². The van der Waals surface area contributed by atoms with Gasteiger partial charge in [0, 0.05) is 0 Å². The van der Waals surface area contributed by atoms with E-state index in [-0.39, 0.29) is 0 Å². The summed E-state index contributed by atoms with van der Waals surface area (Å²) in [6.07, 6.45) is 0. The van der Waals surface area contributed by atoms with Gasteiger partial charge in [-0.25, -0.2) is 4.68 Å². The lowest BCUT2D eigenvalue weighted by atomic mass is 10.3. The second kappa shape index (κ2) is 5.84. The molecule has 0 bridgehead atoms. The highest BCUT2D eigenvalue weighted by Crippen LogP contribution is 2.18. The van der Waals surface area contributed by atoms with E-state index < -0.39 is 0 Å². The van der Waals surface area contributed by atoms with Gasteiger partial charge >= 0.3 is 0 Å². The van der Waals surface area contributed by atoms with Crippen molar-refractivity contribution in [3.63, 3.8) is 0 Å². The predicted octanol–water partition coefficient (Wildman–Crippen LogP) is 2.90. The fourth-order valence-corrected chi connectivity index (χ4v) is 2.03. The maximum atomic E-state index is 5.39. The minimum absolute atomic E-state index is 0.457. The summed E-state index contributed by atoms with van der Waals surface area (Å²) in [5, 5.41) is 4.91. The van der Waals surface area contributed by atoms with E-state index in [1.54, 1.807) is 11.8 Å². The van der Waals surface area contributed by atoms with Crippen molar-refractivity contribution in [3.05, 3.63) is 41.7 Å². The second-order valence-electron chi connectivity index (χ2n) is 4.00. The topological polar surface area (TPSA) is 36.3 Å². The van der Waals surface area contributed by atoms with Crippen molar-refractivity contribution in [2.24, 2.45) is 0 Å². The highest BCUT2D eigenvalue weighted by molar-refractivity contribution is 7.80. The van der Waals surface area contributed by atoms with Crippen LogP contribution in [0.25, 0.3) is 5.69 Å². The first-order valence-corrected chi connectivity index (χ1v) is 6.44. The zero-order valence-corrected chi connectivity index (χ0v) is 12.0. The summed E-state index contributed by atoms with van der Waals surface area (Å²) in [6.45, 7) is 4.39. The molecule has 19 heavy (non-hydrogen) atoms. The molecule has 0 amide bonds. The van der Waals surface area contributed by atoms with Crippen LogP contribution in [-0.4, -0.2) is 28.5 Å². The summed E-state index contributed by atoms with van der Waals surface area (Å²) in [4.78, 5) is 0. The molecule has 4 nitrogen and oxygen atoms in total. The number of hydrogen-bond donors (Lipinski definition) is 0. The molecule has 0 N–H and O–H groups in total. The Morgan fingerprint density at radius 3 is 2.58 bits per heavy atom. The zero-order valence-electron chi connectivity index (χ0n) is 11.2. The monoisotopic (exact) mass is 276 g/mol. The Morgan fingerprint density at radius 1 is 1.32 bits per heavy atom. The van der Waals surface area contributed by atoms with Crippen LogP contribution in [0.3, 0.4) is 0 Å². The Balaban J connectivity index is 2.40. The SMILES string of the molecule is CCOC(=S)c1cc(C)nn1-c1ccc(OC)cc1. The molecule has 1 heterocycles. The highest BCUT2D eigenvalue weighted by Gasteiger charge is 2.13. The van der Waals surface area contributed by atoms with Crippen LogP contribution in [0.1, 0.15) is 18.3 Å². The molecule has 0 fully saturated rings. The first-order chi connectivity index (χ1) is 9.15. The van der Waals surface area contributed by atoms with Crippen LogP contribution >= 0.6 is 12.2 Å². The van der Waals surface area contributed by atoms with Crippen LogP contribution in [0.5, 0.6) is 5.75 Å². The number of thiocarbonyl (C=S) groups is 1. The van der Waals surface area contributed by atoms with Gasteiger partial charge in [-0.05, 0) is 56.4 Å². The van der Waals surface area contributed by atoms with Gasteiger partial charge in [-0.1, -0.05) is 0 Å². The summed E-state index contributed by atoms with van der Waals surface area (Å²) in [5.41, 5.74) is 2.61. The zero-order chi connectivity index (χ0) is 13.8. The first kappa shape index (κ1) is 13.5. The number of benzene rings is 1. The number of ether oxygens (including phenoxy) is 2. The predicted molar refractivity (Wildman–Crippen MR) is 78.2 cm³/mol. The Bertz CT molecular complexity index is 576. The second-order valence-corrected chi connectivity index (χ2v) is 4.37. The van der Waals surface area contributed by atoms with Gasteiger partial charge in [0.1, 0.15) is 11.4 Å². The molecule has 5 heteroatoms. The van der Waals surface area contributed by atoms with Gasteiger partial charge in [0.15, 0.2) is 0 Å². The lowest BCUT2D eigenvalue weighted by Crippen LogP contribution is -2.10. The molecule has 0 spiro atoms. The van der Waals surface area contributed by atoms with Crippen LogP contribution in [-0.2, 0) is 4.74 Å². The number of aromatic nitrogens is 2. The van der Waals surface area contributed by atoms with Crippen LogP contribution in [0.15, 0.2) is 30.3 Å². The minimum atomic E-state index is 0.457. The third kappa shape index (κ3) is 2.93. The highest BCUT2D eigenvalue weighted by atomic mass is 32.1. The smallest absolute Gasteiger partial charge is 0.210 e. The van der Waals surface area contributed by atoms with E-state index in [9.17, 15) is 0 Å². The quantitative estimate of drug-likeness (QED) is 0.805. The molecule has 0 aliphatic carbocycles. The average molecular weight is 276 g/mol. The van der Waals surface area contributed by atoms with Gasteiger partial charge in [-0.2, -0.15) is 5.10 Å². The summed E-state index contributed by atoms with van der Waals surface area (Å²) >= 11 is 5.26. The van der Waals surface area contributed by atoms with Gasteiger partial charge < -0.3 is 9.47 Å². The third-order valence-electron chi connectivity index (χ3n) is 2.63. The minimum Gasteiger partial charge on any atom is -0.497 e. The fourth-order valence-electron chi connectivity index (χ4n) is 1.77. The lowest BCUT2D eigenvalue weighted by molar-refractivity contribution is 0.336. The number of methoxy groups -OCH3 is 1. The standard InChI is InChI=1S/C14H16N2O2S/c1-4-18-14(19)13-9-10(2)15-16(13)11-5-7-12(17-3)8-6-11/h5-9H,4H2,1-3H3. The van der Waals surface area contributed by atoms with Crippen LogP contribution in [0, 0.1) is 6.92 Å². The molecule has 2 aromatic rings. The summed E-state index contributed by atoms with van der Waals surface area (Å²) in [6, 6.07) is 9.56. The molecular weight excluding hydrogens is 260 g/mol. The molecular formula is C14H16N2O2S. The molecule has 0 saturated heterocycles. The van der Waals surface area contributed by atoms with E-state index in [1.165, 1.54) is 0 Å². The number of hydrogen-bond acceptors (Lipinski definition) is 4. The van der Waals surface area contributed by atoms with Crippen molar-refractivity contribution in [3.8, 4) is 11.4 Å². The molecule has 0 aliphatic rings. The van der Waals surface area contributed by atoms with Crippen molar-refractivity contribution >= 4 is 17.3 Å². The Kier molecular flexibility index (Phi) is 4.16. The van der Waals surface area contributed by atoms with E-state index in [2.05, 4.69) is 5.10 Å². The summed E-state index contributed by atoms with van der Waals surface area (Å²) < 4.78 is 12.3. The van der Waals surface area contributed by atoms with E-state index >= 15 is 0 Å². The molecule has 0 aliphatic heterocycles. The summed E-state index contributed by atoms with van der Waals surface area (Å²) in [5.74, 6) is 0.807. The number of aryl methyl sites for hydroxylation is 1. The first-order valence-electron chi connectivity index (χ1n) is 6.04. The molecule has 100 valence electrons. The van der Waals surface area contributed by atoms with Crippen molar-refractivity contribution in [1.82, 2.24) is 9.78 Å². The van der Waals surface area contributed by atoms with Gasteiger partial charge in [0.25, 0.3) is 0 Å². The van der Waals surface area contributed by atoms with Crippen LogP contribution < -0.4 is 4.74 Å². The normalized spacial score (nSPS) is 10.3. The van der Waals surface area contributed by atoms with E-state index in [0.717, 1.165) is 22.8 Å². The van der Waals surface area contributed by atoms with Crippen molar-refractivity contribution in [1.29, 1.82) is 0 Å². The maximum absolute atomic E-state index is 5.39. The molecule has 0 atom stereocenters. The number of nitrogens with zero attached hydrogens (tertiary/aromatic N) is 2. The Hall–Kier alpha value is -1.88.